The largest absolute Gasteiger partial charge is 0.383 e. The van der Waals surface area contributed by atoms with E-state index in [2.05, 4.69) is 15.3 Å². The zero-order valence-electron chi connectivity index (χ0n) is 13.4. The quantitative estimate of drug-likeness (QED) is 0.562. The van der Waals surface area contributed by atoms with Gasteiger partial charge in [-0.05, 0) is 23.8 Å². The van der Waals surface area contributed by atoms with Gasteiger partial charge in [0.1, 0.15) is 5.52 Å². The Labute approximate surface area is 147 Å². The summed E-state index contributed by atoms with van der Waals surface area (Å²) in [6.45, 7) is 0.906. The first-order valence-corrected chi connectivity index (χ1v) is 8.05. The lowest BCUT2D eigenvalue weighted by Gasteiger charge is -2.06. The Bertz CT molecular complexity index is 1120. The number of benzene rings is 1. The second-order valence-corrected chi connectivity index (χ2v) is 5.98. The third kappa shape index (κ3) is 2.67. The molecule has 0 unspecified atom stereocenters. The number of methoxy groups -OCH3 is 1. The number of hydrogen-bond donors (Lipinski definition) is 0. The second kappa shape index (κ2) is 6.27. The first-order valence-electron chi connectivity index (χ1n) is 7.67. The number of halogens is 1. The second-order valence-electron chi connectivity index (χ2n) is 5.54. The molecule has 0 radical (unpaired) electrons. The van der Waals surface area contributed by atoms with Crippen molar-refractivity contribution < 1.29 is 4.74 Å². The van der Waals surface area contributed by atoms with E-state index >= 15 is 0 Å². The van der Waals surface area contributed by atoms with Crippen LogP contribution in [0.4, 0.5) is 0 Å². The van der Waals surface area contributed by atoms with Crippen LogP contribution in [0.25, 0.3) is 27.8 Å². The van der Waals surface area contributed by atoms with Crippen molar-refractivity contribution in [2.24, 2.45) is 0 Å². The average molecular weight is 356 g/mol. The highest BCUT2D eigenvalue weighted by molar-refractivity contribution is 6.30. The van der Waals surface area contributed by atoms with Crippen LogP contribution in [-0.2, 0) is 11.3 Å². The molecule has 126 valence electrons. The number of hydrogen-bond acceptors (Lipinski definition) is 5. The molecule has 7 nitrogen and oxygen atoms in total. The van der Waals surface area contributed by atoms with Gasteiger partial charge in [0.2, 0.25) is 0 Å². The topological polar surface area (TPSA) is 74.3 Å². The number of pyridine rings is 1. The summed E-state index contributed by atoms with van der Waals surface area (Å²) in [5.41, 5.74) is 3.02. The molecule has 0 N–H and O–H groups in total. The molecule has 0 aliphatic carbocycles. The molecule has 0 atom stereocenters. The molecular weight excluding hydrogens is 342 g/mol. The van der Waals surface area contributed by atoms with Gasteiger partial charge in [-0.25, -0.2) is 4.52 Å². The molecule has 0 bridgehead atoms. The molecule has 0 saturated carbocycles. The standard InChI is InChI=1S/C17H14ClN5O2/c1-25-9-8-22-7-6-14-15(17(22)24)20-21-16-13(10-19-23(14)16)11-2-4-12(18)5-3-11/h2-7,10H,8-9H2,1H3. The summed E-state index contributed by atoms with van der Waals surface area (Å²) in [4.78, 5) is 12.5. The van der Waals surface area contributed by atoms with Gasteiger partial charge in [-0.1, -0.05) is 23.7 Å². The van der Waals surface area contributed by atoms with Gasteiger partial charge in [0.15, 0.2) is 11.2 Å². The molecule has 4 rings (SSSR count). The normalized spacial score (nSPS) is 11.4. The summed E-state index contributed by atoms with van der Waals surface area (Å²) in [5, 5.41) is 13.4. The van der Waals surface area contributed by atoms with Gasteiger partial charge in [0.05, 0.1) is 12.8 Å². The fourth-order valence-electron chi connectivity index (χ4n) is 2.73. The minimum atomic E-state index is -0.215. The zero-order chi connectivity index (χ0) is 17.4. The van der Waals surface area contributed by atoms with Crippen molar-refractivity contribution in [2.45, 2.75) is 6.54 Å². The molecule has 0 saturated heterocycles. The van der Waals surface area contributed by atoms with Crippen molar-refractivity contribution in [3.63, 3.8) is 0 Å². The Morgan fingerprint density at radius 1 is 1.16 bits per heavy atom. The van der Waals surface area contributed by atoms with Crippen LogP contribution in [0.3, 0.4) is 0 Å². The van der Waals surface area contributed by atoms with Crippen molar-refractivity contribution in [1.29, 1.82) is 0 Å². The number of fused-ring (bicyclic) bond motifs is 3. The number of nitrogens with zero attached hydrogens (tertiary/aromatic N) is 5. The molecule has 25 heavy (non-hydrogen) atoms. The van der Waals surface area contributed by atoms with Crippen molar-refractivity contribution in [1.82, 2.24) is 24.4 Å². The Balaban J connectivity index is 1.89. The third-order valence-electron chi connectivity index (χ3n) is 4.03. The van der Waals surface area contributed by atoms with Crippen molar-refractivity contribution in [3.8, 4) is 11.1 Å². The fraction of sp³-hybridized carbons (Fsp3) is 0.176. The summed E-state index contributed by atoms with van der Waals surface area (Å²) in [6, 6.07) is 9.22. The van der Waals surface area contributed by atoms with E-state index in [0.717, 1.165) is 11.1 Å². The summed E-state index contributed by atoms with van der Waals surface area (Å²) < 4.78 is 8.21. The number of aromatic nitrogens is 5. The highest BCUT2D eigenvalue weighted by Crippen LogP contribution is 2.25. The Morgan fingerprint density at radius 2 is 1.96 bits per heavy atom. The maximum absolute atomic E-state index is 12.5. The molecule has 0 aliphatic rings. The molecule has 1 aromatic carbocycles. The smallest absolute Gasteiger partial charge is 0.280 e. The summed E-state index contributed by atoms with van der Waals surface area (Å²) in [7, 11) is 1.59. The lowest BCUT2D eigenvalue weighted by atomic mass is 10.1. The Kier molecular flexibility index (Phi) is 3.95. The highest BCUT2D eigenvalue weighted by Gasteiger charge is 2.14. The summed E-state index contributed by atoms with van der Waals surface area (Å²) in [6.07, 6.45) is 3.43. The van der Waals surface area contributed by atoms with Gasteiger partial charge in [-0.2, -0.15) is 5.10 Å². The van der Waals surface area contributed by atoms with E-state index in [1.54, 1.807) is 28.6 Å². The molecular formula is C17H14ClN5O2. The number of rotatable bonds is 4. The van der Waals surface area contributed by atoms with E-state index in [-0.39, 0.29) is 11.1 Å². The summed E-state index contributed by atoms with van der Waals surface area (Å²) in [5.74, 6) is 0. The molecule has 0 amide bonds. The van der Waals surface area contributed by atoms with Gasteiger partial charge in [-0.15, -0.1) is 10.2 Å². The zero-order valence-corrected chi connectivity index (χ0v) is 14.1. The molecule has 0 aliphatic heterocycles. The minimum Gasteiger partial charge on any atom is -0.383 e. The van der Waals surface area contributed by atoms with E-state index in [1.165, 1.54) is 0 Å². The molecule has 0 spiro atoms. The van der Waals surface area contributed by atoms with Gasteiger partial charge >= 0.3 is 0 Å². The average Bonchev–Trinajstić information content (AvgIpc) is 3.06. The highest BCUT2D eigenvalue weighted by atomic mass is 35.5. The van der Waals surface area contributed by atoms with E-state index < -0.39 is 0 Å². The predicted molar refractivity (Wildman–Crippen MR) is 94.9 cm³/mol. The predicted octanol–water partition coefficient (Wildman–Crippen LogP) is 2.41. The lowest BCUT2D eigenvalue weighted by molar-refractivity contribution is 0.186. The summed E-state index contributed by atoms with van der Waals surface area (Å²) >= 11 is 5.94. The first-order chi connectivity index (χ1) is 12.2. The monoisotopic (exact) mass is 355 g/mol. The Hall–Kier alpha value is -2.77. The molecule has 8 heteroatoms. The van der Waals surface area contributed by atoms with Gasteiger partial charge in [0, 0.05) is 30.4 Å². The van der Waals surface area contributed by atoms with Crippen molar-refractivity contribution in [2.75, 3.05) is 13.7 Å². The van der Waals surface area contributed by atoms with Crippen LogP contribution in [0.2, 0.25) is 5.02 Å². The van der Waals surface area contributed by atoms with E-state index in [1.807, 2.05) is 30.3 Å². The van der Waals surface area contributed by atoms with Crippen LogP contribution < -0.4 is 5.56 Å². The lowest BCUT2D eigenvalue weighted by Crippen LogP contribution is -2.23. The van der Waals surface area contributed by atoms with Crippen LogP contribution in [-0.4, -0.2) is 38.1 Å². The van der Waals surface area contributed by atoms with Gasteiger partial charge < -0.3 is 9.30 Å². The van der Waals surface area contributed by atoms with Crippen LogP contribution in [0.15, 0.2) is 47.5 Å². The molecule has 3 heterocycles. The van der Waals surface area contributed by atoms with Crippen LogP contribution >= 0.6 is 11.6 Å². The third-order valence-corrected chi connectivity index (χ3v) is 4.28. The number of ether oxygens (including phenoxy) is 1. The van der Waals surface area contributed by atoms with Crippen molar-refractivity contribution in [3.05, 3.63) is 58.1 Å². The minimum absolute atomic E-state index is 0.215. The van der Waals surface area contributed by atoms with Crippen molar-refractivity contribution >= 4 is 28.3 Å². The molecule has 0 fully saturated rings. The fourth-order valence-corrected chi connectivity index (χ4v) is 2.85. The SMILES string of the molecule is COCCn1ccc2c(nnc3c(-c4ccc(Cl)cc4)cnn32)c1=O. The van der Waals surface area contributed by atoms with E-state index in [0.29, 0.717) is 29.3 Å². The molecule has 3 aromatic heterocycles. The first kappa shape index (κ1) is 15.7. The van der Waals surface area contributed by atoms with E-state index in [4.69, 9.17) is 16.3 Å². The van der Waals surface area contributed by atoms with Gasteiger partial charge in [0.25, 0.3) is 5.56 Å². The van der Waals surface area contributed by atoms with E-state index in [9.17, 15) is 4.79 Å². The molecule has 4 aromatic rings. The van der Waals surface area contributed by atoms with Crippen LogP contribution in [0.1, 0.15) is 0 Å². The van der Waals surface area contributed by atoms with Crippen LogP contribution in [0, 0.1) is 0 Å². The van der Waals surface area contributed by atoms with Gasteiger partial charge in [-0.3, -0.25) is 4.79 Å². The Morgan fingerprint density at radius 3 is 2.72 bits per heavy atom. The van der Waals surface area contributed by atoms with Crippen LogP contribution in [0.5, 0.6) is 0 Å². The maximum atomic E-state index is 12.5. The maximum Gasteiger partial charge on any atom is 0.280 e.